The molecule has 0 spiro atoms. The molecule has 166 valence electrons. The minimum Gasteiger partial charge on any atom is -0.373 e. The predicted molar refractivity (Wildman–Crippen MR) is 114 cm³/mol. The van der Waals surface area contributed by atoms with Crippen LogP contribution in [0.3, 0.4) is 0 Å². The van der Waals surface area contributed by atoms with Crippen molar-refractivity contribution in [3.05, 3.63) is 46.7 Å². The van der Waals surface area contributed by atoms with E-state index in [1.807, 2.05) is 0 Å². The number of hydrogen-bond acceptors (Lipinski definition) is 6. The molecule has 0 aliphatic carbocycles. The molecule has 1 saturated heterocycles. The highest BCUT2D eigenvalue weighted by Gasteiger charge is 2.33. The summed E-state index contributed by atoms with van der Waals surface area (Å²) in [5.74, 6) is 0.988. The fourth-order valence-corrected chi connectivity index (χ4v) is 5.68. The summed E-state index contributed by atoms with van der Waals surface area (Å²) in [5, 5.41) is 3.08. The van der Waals surface area contributed by atoms with Gasteiger partial charge in [-0.2, -0.15) is 4.31 Å². The standard InChI is InChI=1S/C21H26FN5O3S/c1-13-10-16(4-5-18(13)22)31(29,30)27-9-7-19-17(12-27)21(23-3)25-20(24-19)15-6-8-26(11-15)14(2)28/h4-5,10,15H,6-9,11-12H2,1-3H3,(H,23,24,25)/t15-/m1/s1. The molecule has 8 nitrogen and oxygen atoms in total. The van der Waals surface area contributed by atoms with Gasteiger partial charge in [0.25, 0.3) is 0 Å². The second-order valence-electron chi connectivity index (χ2n) is 8.06. The Bertz CT molecular complexity index is 1120. The van der Waals surface area contributed by atoms with Crippen LogP contribution in [0.15, 0.2) is 23.1 Å². The van der Waals surface area contributed by atoms with Gasteiger partial charge in [0.2, 0.25) is 15.9 Å². The number of hydrogen-bond donors (Lipinski definition) is 1. The van der Waals surface area contributed by atoms with Crippen LogP contribution in [-0.2, 0) is 27.8 Å². The molecule has 3 heterocycles. The van der Waals surface area contributed by atoms with E-state index in [2.05, 4.69) is 10.3 Å². The van der Waals surface area contributed by atoms with Crippen molar-refractivity contribution < 1.29 is 17.6 Å². The number of anilines is 1. The lowest BCUT2D eigenvalue weighted by Gasteiger charge is -2.29. The molecule has 10 heteroatoms. The first-order valence-electron chi connectivity index (χ1n) is 10.3. The number of sulfonamides is 1. The zero-order valence-corrected chi connectivity index (χ0v) is 18.7. The second-order valence-corrected chi connectivity index (χ2v) is 9.99. The highest BCUT2D eigenvalue weighted by molar-refractivity contribution is 7.89. The highest BCUT2D eigenvalue weighted by Crippen LogP contribution is 2.32. The fraction of sp³-hybridized carbons (Fsp3) is 0.476. The molecule has 1 amide bonds. The molecule has 31 heavy (non-hydrogen) atoms. The van der Waals surface area contributed by atoms with E-state index in [-0.39, 0.29) is 29.8 Å². The summed E-state index contributed by atoms with van der Waals surface area (Å²) in [6, 6.07) is 3.84. The van der Waals surface area contributed by atoms with Gasteiger partial charge in [-0.1, -0.05) is 0 Å². The molecular formula is C21H26FN5O3S. The second kappa shape index (κ2) is 8.16. The molecule has 1 fully saturated rings. The molecule has 1 N–H and O–H groups in total. The maximum absolute atomic E-state index is 13.6. The Hall–Kier alpha value is -2.59. The molecule has 0 bridgehead atoms. The molecular weight excluding hydrogens is 421 g/mol. The lowest BCUT2D eigenvalue weighted by Crippen LogP contribution is -2.37. The summed E-state index contributed by atoms with van der Waals surface area (Å²) in [6.45, 7) is 4.84. The third-order valence-electron chi connectivity index (χ3n) is 6.05. The van der Waals surface area contributed by atoms with Crippen molar-refractivity contribution in [2.45, 2.75) is 44.0 Å². The van der Waals surface area contributed by atoms with E-state index in [0.29, 0.717) is 36.7 Å². The van der Waals surface area contributed by atoms with E-state index in [9.17, 15) is 17.6 Å². The Kier molecular flexibility index (Phi) is 5.69. The van der Waals surface area contributed by atoms with E-state index in [0.717, 1.165) is 17.7 Å². The molecule has 0 radical (unpaired) electrons. The Morgan fingerprint density at radius 3 is 2.68 bits per heavy atom. The summed E-state index contributed by atoms with van der Waals surface area (Å²) in [6.07, 6.45) is 1.27. The van der Waals surface area contributed by atoms with Crippen LogP contribution in [-0.4, -0.2) is 60.2 Å². The van der Waals surface area contributed by atoms with Gasteiger partial charge >= 0.3 is 0 Å². The van der Waals surface area contributed by atoms with Crippen LogP contribution in [0.4, 0.5) is 10.2 Å². The van der Waals surface area contributed by atoms with Crippen molar-refractivity contribution in [3.8, 4) is 0 Å². The fourth-order valence-electron chi connectivity index (χ4n) is 4.19. The largest absolute Gasteiger partial charge is 0.373 e. The first-order valence-corrected chi connectivity index (χ1v) is 11.7. The van der Waals surface area contributed by atoms with Gasteiger partial charge < -0.3 is 10.2 Å². The smallest absolute Gasteiger partial charge is 0.243 e. The lowest BCUT2D eigenvalue weighted by atomic mass is 10.0. The lowest BCUT2D eigenvalue weighted by molar-refractivity contribution is -0.127. The molecule has 2 aliphatic rings. The Morgan fingerprint density at radius 2 is 2.03 bits per heavy atom. The first kappa shape index (κ1) is 21.6. The Balaban J connectivity index is 1.62. The number of benzene rings is 1. The number of nitrogens with zero attached hydrogens (tertiary/aromatic N) is 4. The molecule has 2 aromatic rings. The number of aryl methyl sites for hydroxylation is 1. The van der Waals surface area contributed by atoms with Crippen molar-refractivity contribution in [2.24, 2.45) is 0 Å². The SMILES string of the molecule is CNc1nc([C@@H]2CCN(C(C)=O)C2)nc2c1CN(S(=O)(=O)c1ccc(F)c(C)c1)CC2. The van der Waals surface area contributed by atoms with E-state index in [1.54, 1.807) is 25.8 Å². The van der Waals surface area contributed by atoms with E-state index in [4.69, 9.17) is 4.98 Å². The van der Waals surface area contributed by atoms with Crippen LogP contribution in [0.2, 0.25) is 0 Å². The summed E-state index contributed by atoms with van der Waals surface area (Å²) >= 11 is 0. The minimum absolute atomic E-state index is 0.0474. The summed E-state index contributed by atoms with van der Waals surface area (Å²) < 4.78 is 41.3. The summed E-state index contributed by atoms with van der Waals surface area (Å²) in [5.41, 5.74) is 1.87. The maximum atomic E-state index is 13.6. The molecule has 2 aliphatic heterocycles. The monoisotopic (exact) mass is 447 g/mol. The van der Waals surface area contributed by atoms with Crippen molar-refractivity contribution in [3.63, 3.8) is 0 Å². The zero-order chi connectivity index (χ0) is 22.3. The Labute approximate surface area is 181 Å². The molecule has 0 unspecified atom stereocenters. The topological polar surface area (TPSA) is 95.5 Å². The van der Waals surface area contributed by atoms with Gasteiger partial charge in [-0.05, 0) is 37.1 Å². The predicted octanol–water partition coefficient (Wildman–Crippen LogP) is 2.05. The number of carbonyl (C=O) groups is 1. The maximum Gasteiger partial charge on any atom is 0.243 e. The average Bonchev–Trinajstić information content (AvgIpc) is 3.25. The first-order chi connectivity index (χ1) is 14.7. The van der Waals surface area contributed by atoms with E-state index >= 15 is 0 Å². The van der Waals surface area contributed by atoms with Gasteiger partial charge in [0.05, 0.1) is 10.6 Å². The average molecular weight is 448 g/mol. The van der Waals surface area contributed by atoms with E-state index in [1.165, 1.54) is 22.5 Å². The molecule has 1 atom stereocenters. The summed E-state index contributed by atoms with van der Waals surface area (Å²) in [4.78, 5) is 22.9. The number of aromatic nitrogens is 2. The number of halogens is 1. The van der Waals surface area contributed by atoms with Crippen LogP contribution >= 0.6 is 0 Å². The number of carbonyl (C=O) groups excluding carboxylic acids is 1. The Morgan fingerprint density at radius 1 is 1.26 bits per heavy atom. The van der Waals surface area contributed by atoms with Crippen molar-refractivity contribution in [1.29, 1.82) is 0 Å². The number of fused-ring (bicyclic) bond motifs is 1. The van der Waals surface area contributed by atoms with Crippen LogP contribution in [0.5, 0.6) is 0 Å². The zero-order valence-electron chi connectivity index (χ0n) is 17.9. The van der Waals surface area contributed by atoms with Crippen LogP contribution < -0.4 is 5.32 Å². The van der Waals surface area contributed by atoms with Gasteiger partial charge in [0.1, 0.15) is 17.5 Å². The molecule has 4 rings (SSSR count). The molecule has 1 aromatic carbocycles. The van der Waals surface area contributed by atoms with Gasteiger partial charge in [-0.25, -0.2) is 22.8 Å². The van der Waals surface area contributed by atoms with Crippen LogP contribution in [0.25, 0.3) is 0 Å². The summed E-state index contributed by atoms with van der Waals surface area (Å²) in [7, 11) is -2.02. The highest BCUT2D eigenvalue weighted by atomic mass is 32.2. The number of likely N-dealkylation sites (tertiary alicyclic amines) is 1. The van der Waals surface area contributed by atoms with Gasteiger partial charge in [0.15, 0.2) is 0 Å². The van der Waals surface area contributed by atoms with Crippen molar-refractivity contribution in [2.75, 3.05) is 32.0 Å². The van der Waals surface area contributed by atoms with Gasteiger partial charge in [-0.15, -0.1) is 0 Å². The number of amides is 1. The van der Waals surface area contributed by atoms with Crippen molar-refractivity contribution >= 4 is 21.7 Å². The van der Waals surface area contributed by atoms with Gasteiger partial charge in [0, 0.05) is 58.1 Å². The third-order valence-corrected chi connectivity index (χ3v) is 7.89. The normalized spacial score (nSPS) is 19.4. The molecule has 0 saturated carbocycles. The quantitative estimate of drug-likeness (QED) is 0.771. The van der Waals surface area contributed by atoms with Crippen molar-refractivity contribution in [1.82, 2.24) is 19.2 Å². The van der Waals surface area contributed by atoms with E-state index < -0.39 is 15.8 Å². The van der Waals surface area contributed by atoms with Crippen LogP contribution in [0.1, 0.15) is 41.9 Å². The number of nitrogens with one attached hydrogen (secondary N) is 1. The minimum atomic E-state index is -3.77. The molecule has 1 aromatic heterocycles. The third kappa shape index (κ3) is 4.01. The number of rotatable bonds is 4. The van der Waals surface area contributed by atoms with Crippen LogP contribution in [0, 0.1) is 12.7 Å². The van der Waals surface area contributed by atoms with Gasteiger partial charge in [-0.3, -0.25) is 4.79 Å².